The van der Waals surface area contributed by atoms with Gasteiger partial charge in [-0.15, -0.1) is 0 Å². The maximum absolute atomic E-state index is 13.8. The fourth-order valence-electron chi connectivity index (χ4n) is 5.86. The number of anilines is 4. The van der Waals surface area contributed by atoms with Crippen LogP contribution in [-0.2, 0) is 21.2 Å². The quantitative estimate of drug-likeness (QED) is 0.410. The number of nitrogens with zero attached hydrogens (tertiary/aromatic N) is 5. The molecule has 4 heterocycles. The first-order valence-corrected chi connectivity index (χ1v) is 15.5. The molecule has 1 N–H and O–H groups in total. The van der Waals surface area contributed by atoms with E-state index in [0.29, 0.717) is 56.6 Å². The summed E-state index contributed by atoms with van der Waals surface area (Å²) in [4.78, 5) is 13.7. The Hall–Kier alpha value is -3.12. The van der Waals surface area contributed by atoms with Gasteiger partial charge in [0.2, 0.25) is 16.0 Å². The molecule has 212 valence electrons. The Kier molecular flexibility index (Phi) is 7.97. The Morgan fingerprint density at radius 2 is 1.80 bits per heavy atom. The average Bonchev–Trinajstić information content (AvgIpc) is 3.64. The lowest BCUT2D eigenvalue weighted by Crippen LogP contribution is -2.46. The molecule has 0 bridgehead atoms. The molecule has 6 rings (SSSR count). The molecule has 11 heteroatoms. The largest absolute Gasteiger partial charge is 0.381 e. The molecule has 2 fully saturated rings. The van der Waals surface area contributed by atoms with Gasteiger partial charge in [-0.05, 0) is 99.3 Å². The lowest BCUT2D eigenvalue weighted by Gasteiger charge is -2.34. The molecule has 0 aliphatic carbocycles. The molecule has 0 unspecified atom stereocenters. The average molecular weight is 567 g/mol. The molecule has 1 aromatic heterocycles. The van der Waals surface area contributed by atoms with Gasteiger partial charge in [0, 0.05) is 56.5 Å². The molecule has 0 spiro atoms. The van der Waals surface area contributed by atoms with Crippen LogP contribution in [0.15, 0.2) is 59.6 Å². The second-order valence-corrected chi connectivity index (χ2v) is 12.5. The van der Waals surface area contributed by atoms with Crippen molar-refractivity contribution < 1.29 is 17.5 Å². The predicted molar refractivity (Wildman–Crippen MR) is 152 cm³/mol. The second kappa shape index (κ2) is 11.8. The lowest BCUT2D eigenvalue weighted by molar-refractivity contribution is 0.0568. The van der Waals surface area contributed by atoms with Crippen molar-refractivity contribution >= 4 is 33.2 Å². The van der Waals surface area contributed by atoms with Crippen LogP contribution in [0.2, 0.25) is 0 Å². The van der Waals surface area contributed by atoms with Gasteiger partial charge < -0.3 is 19.9 Å². The summed E-state index contributed by atoms with van der Waals surface area (Å²) in [5.41, 5.74) is 2.59. The monoisotopic (exact) mass is 566 g/mol. The number of hydrogen-bond acceptors (Lipinski definition) is 8. The SMILES string of the molecule is O=S(=O)(c1ccc(Nc2nccc(N3CCc4cc(F)ccc43)n2)cc1)N(CCN1CCCC1)C1CCOCC1. The van der Waals surface area contributed by atoms with E-state index < -0.39 is 10.0 Å². The van der Waals surface area contributed by atoms with Crippen LogP contribution < -0.4 is 10.2 Å². The van der Waals surface area contributed by atoms with Crippen molar-refractivity contribution in [3.05, 3.63) is 66.1 Å². The zero-order valence-electron chi connectivity index (χ0n) is 22.5. The summed E-state index contributed by atoms with van der Waals surface area (Å²) < 4.78 is 48.5. The molecule has 40 heavy (non-hydrogen) atoms. The number of rotatable bonds is 9. The van der Waals surface area contributed by atoms with Crippen molar-refractivity contribution in [2.24, 2.45) is 0 Å². The highest BCUT2D eigenvalue weighted by Crippen LogP contribution is 2.34. The molecule has 3 aliphatic heterocycles. The molecule has 0 radical (unpaired) electrons. The first kappa shape index (κ1) is 27.1. The van der Waals surface area contributed by atoms with E-state index in [4.69, 9.17) is 4.74 Å². The van der Waals surface area contributed by atoms with Crippen molar-refractivity contribution in [2.45, 2.75) is 43.0 Å². The fraction of sp³-hybridized carbons (Fsp3) is 0.448. The molecular weight excluding hydrogens is 531 g/mol. The molecule has 3 aliphatic rings. The van der Waals surface area contributed by atoms with E-state index in [1.165, 1.54) is 18.9 Å². The molecular formula is C29H35FN6O3S. The van der Waals surface area contributed by atoms with Crippen LogP contribution in [0.1, 0.15) is 31.2 Å². The number of hydrogen-bond donors (Lipinski definition) is 1. The number of nitrogens with one attached hydrogen (secondary N) is 1. The van der Waals surface area contributed by atoms with E-state index >= 15 is 0 Å². The van der Waals surface area contributed by atoms with Crippen molar-refractivity contribution in [3.8, 4) is 0 Å². The van der Waals surface area contributed by atoms with E-state index in [1.807, 2.05) is 11.0 Å². The zero-order chi connectivity index (χ0) is 27.5. The summed E-state index contributed by atoms with van der Waals surface area (Å²) in [5, 5.41) is 3.19. The summed E-state index contributed by atoms with van der Waals surface area (Å²) in [6.07, 6.45) is 6.20. The van der Waals surface area contributed by atoms with Crippen LogP contribution >= 0.6 is 0 Å². The third kappa shape index (κ3) is 5.83. The van der Waals surface area contributed by atoms with Gasteiger partial charge in [-0.1, -0.05) is 0 Å². The number of halogens is 1. The number of likely N-dealkylation sites (tertiary alicyclic amines) is 1. The van der Waals surface area contributed by atoms with Crippen LogP contribution in [0.5, 0.6) is 0 Å². The van der Waals surface area contributed by atoms with Gasteiger partial charge in [-0.25, -0.2) is 17.8 Å². The molecule has 3 aromatic rings. The summed E-state index contributed by atoms with van der Waals surface area (Å²) in [6, 6.07) is 13.4. The third-order valence-corrected chi connectivity index (χ3v) is 9.97. The van der Waals surface area contributed by atoms with Gasteiger partial charge in [0.15, 0.2) is 0 Å². The Morgan fingerprint density at radius 1 is 1.02 bits per heavy atom. The molecule has 0 atom stereocenters. The van der Waals surface area contributed by atoms with E-state index in [2.05, 4.69) is 20.2 Å². The number of aromatic nitrogens is 2. The first-order valence-electron chi connectivity index (χ1n) is 14.1. The van der Waals surface area contributed by atoms with Crippen LogP contribution in [0.25, 0.3) is 0 Å². The summed E-state index contributed by atoms with van der Waals surface area (Å²) in [6.45, 7) is 5.19. The Morgan fingerprint density at radius 3 is 2.58 bits per heavy atom. The number of ether oxygens (including phenoxy) is 1. The van der Waals surface area contributed by atoms with Crippen LogP contribution in [-0.4, -0.2) is 79.6 Å². The highest BCUT2D eigenvalue weighted by Gasteiger charge is 2.33. The summed E-state index contributed by atoms with van der Waals surface area (Å²) in [5.74, 6) is 0.879. The van der Waals surface area contributed by atoms with Gasteiger partial charge in [-0.3, -0.25) is 0 Å². The zero-order valence-corrected chi connectivity index (χ0v) is 23.3. The van der Waals surface area contributed by atoms with E-state index in [-0.39, 0.29) is 16.8 Å². The maximum atomic E-state index is 13.8. The highest BCUT2D eigenvalue weighted by molar-refractivity contribution is 7.89. The fourth-order valence-corrected chi connectivity index (χ4v) is 7.54. The number of fused-ring (bicyclic) bond motifs is 1. The van der Waals surface area contributed by atoms with Crippen LogP contribution in [0, 0.1) is 5.82 Å². The molecule has 0 amide bonds. The lowest BCUT2D eigenvalue weighted by atomic mass is 10.1. The minimum atomic E-state index is -3.67. The van der Waals surface area contributed by atoms with Crippen molar-refractivity contribution in [1.29, 1.82) is 0 Å². The van der Waals surface area contributed by atoms with Crippen molar-refractivity contribution in [3.63, 3.8) is 0 Å². The number of benzene rings is 2. The van der Waals surface area contributed by atoms with E-state index in [9.17, 15) is 12.8 Å². The topological polar surface area (TPSA) is 90.9 Å². The van der Waals surface area contributed by atoms with Gasteiger partial charge in [-0.2, -0.15) is 9.29 Å². The van der Waals surface area contributed by atoms with Crippen LogP contribution in [0.3, 0.4) is 0 Å². The third-order valence-electron chi connectivity index (χ3n) is 8.00. The molecule has 2 aromatic carbocycles. The normalized spacial score (nSPS) is 18.4. The van der Waals surface area contributed by atoms with Crippen molar-refractivity contribution in [2.75, 3.05) is 56.2 Å². The summed E-state index contributed by atoms with van der Waals surface area (Å²) in [7, 11) is -3.67. The predicted octanol–water partition coefficient (Wildman–Crippen LogP) is 4.32. The van der Waals surface area contributed by atoms with Gasteiger partial charge >= 0.3 is 0 Å². The molecule has 2 saturated heterocycles. The second-order valence-electron chi connectivity index (χ2n) is 10.6. The molecule has 0 saturated carbocycles. The molecule has 9 nitrogen and oxygen atoms in total. The minimum absolute atomic E-state index is 0.0532. The smallest absolute Gasteiger partial charge is 0.243 e. The number of sulfonamides is 1. The first-order chi connectivity index (χ1) is 19.5. The standard InChI is InChI=1S/C29H35FN6O3S/c30-23-3-8-27-22(21-23)10-16-35(27)28-9-13-31-29(33-28)32-24-4-6-26(7-5-24)40(37,38)36(25-11-19-39-20-12-25)18-17-34-14-1-2-15-34/h3-9,13,21,25H,1-2,10-12,14-20H2,(H,31,32,33). The van der Waals surface area contributed by atoms with Crippen molar-refractivity contribution in [1.82, 2.24) is 19.2 Å². The Labute approximate surface area is 235 Å². The highest BCUT2D eigenvalue weighted by atomic mass is 32.2. The minimum Gasteiger partial charge on any atom is -0.381 e. The van der Waals surface area contributed by atoms with E-state index in [0.717, 1.165) is 37.3 Å². The van der Waals surface area contributed by atoms with Gasteiger partial charge in [0.25, 0.3) is 0 Å². The maximum Gasteiger partial charge on any atom is 0.243 e. The summed E-state index contributed by atoms with van der Waals surface area (Å²) >= 11 is 0. The Bertz CT molecular complexity index is 1430. The van der Waals surface area contributed by atoms with Gasteiger partial charge in [0.1, 0.15) is 11.6 Å². The van der Waals surface area contributed by atoms with E-state index in [1.54, 1.807) is 46.9 Å². The van der Waals surface area contributed by atoms with Gasteiger partial charge in [0.05, 0.1) is 4.90 Å². The van der Waals surface area contributed by atoms with Crippen LogP contribution in [0.4, 0.5) is 27.5 Å². The Balaban J connectivity index is 1.17.